The van der Waals surface area contributed by atoms with Crippen LogP contribution in [0.15, 0.2) is 41.1 Å². The molecule has 0 aliphatic heterocycles. The van der Waals surface area contributed by atoms with E-state index in [9.17, 15) is 8.78 Å². The van der Waals surface area contributed by atoms with E-state index in [1.165, 1.54) is 0 Å². The van der Waals surface area contributed by atoms with Crippen molar-refractivity contribution >= 4 is 27.0 Å². The molecule has 6 heteroatoms. The molecule has 21 heavy (non-hydrogen) atoms. The first-order valence-corrected chi connectivity index (χ1v) is 7.00. The monoisotopic (exact) mass is 352 g/mol. The number of nitrogens with zero attached hydrogens (tertiary/aromatic N) is 2. The molecule has 1 aromatic heterocycles. The van der Waals surface area contributed by atoms with E-state index in [2.05, 4.69) is 20.9 Å². The van der Waals surface area contributed by atoms with Crippen LogP contribution in [0, 0.1) is 11.6 Å². The van der Waals surface area contributed by atoms with E-state index in [1.54, 1.807) is 18.0 Å². The van der Waals surface area contributed by atoms with Gasteiger partial charge in [-0.1, -0.05) is 15.9 Å². The Hall–Kier alpha value is -1.95. The van der Waals surface area contributed by atoms with Gasteiger partial charge in [-0.2, -0.15) is 0 Å². The maximum Gasteiger partial charge on any atom is 0.161 e. The molecule has 0 radical (unpaired) electrons. The van der Waals surface area contributed by atoms with Crippen LogP contribution in [-0.4, -0.2) is 16.7 Å². The Morgan fingerprint density at radius 3 is 2.71 bits per heavy atom. The predicted molar refractivity (Wildman–Crippen MR) is 79.4 cm³/mol. The molecular weight excluding hydrogens is 342 g/mol. The number of hydrogen-bond donors (Lipinski definition) is 0. The molecule has 0 amide bonds. The highest BCUT2D eigenvalue weighted by molar-refractivity contribution is 9.10. The normalized spacial score (nSPS) is 11.0. The predicted octanol–water partition coefficient (Wildman–Crippen LogP) is 4.13. The van der Waals surface area contributed by atoms with E-state index in [1.807, 2.05) is 18.2 Å². The van der Waals surface area contributed by atoms with Gasteiger partial charge in [-0.25, -0.2) is 13.8 Å². The Morgan fingerprint density at radius 1 is 1.19 bits per heavy atom. The van der Waals surface area contributed by atoms with E-state index < -0.39 is 11.6 Å². The lowest BCUT2D eigenvalue weighted by atomic mass is 10.2. The van der Waals surface area contributed by atoms with Crippen molar-refractivity contribution < 1.29 is 13.5 Å². The number of methoxy groups -OCH3 is 1. The van der Waals surface area contributed by atoms with Crippen LogP contribution in [0.1, 0.15) is 5.56 Å². The van der Waals surface area contributed by atoms with E-state index in [4.69, 9.17) is 4.74 Å². The highest BCUT2D eigenvalue weighted by Crippen LogP contribution is 2.25. The van der Waals surface area contributed by atoms with Gasteiger partial charge in [0.15, 0.2) is 11.6 Å². The summed E-state index contributed by atoms with van der Waals surface area (Å²) in [5.74, 6) is -1.05. The minimum Gasteiger partial charge on any atom is -0.496 e. The van der Waals surface area contributed by atoms with E-state index in [-0.39, 0.29) is 0 Å². The minimum atomic E-state index is -0.896. The molecule has 0 aliphatic rings. The van der Waals surface area contributed by atoms with E-state index in [0.29, 0.717) is 17.6 Å². The van der Waals surface area contributed by atoms with Crippen molar-refractivity contribution in [1.82, 2.24) is 9.55 Å². The van der Waals surface area contributed by atoms with Crippen LogP contribution >= 0.6 is 15.9 Å². The summed E-state index contributed by atoms with van der Waals surface area (Å²) in [7, 11) is 1.59. The van der Waals surface area contributed by atoms with Gasteiger partial charge >= 0.3 is 0 Å². The minimum absolute atomic E-state index is 0.419. The number of imidazole rings is 1. The zero-order chi connectivity index (χ0) is 15.0. The number of halogens is 3. The first-order chi connectivity index (χ1) is 10.1. The summed E-state index contributed by atoms with van der Waals surface area (Å²) in [6.07, 6.45) is 1.56. The summed E-state index contributed by atoms with van der Waals surface area (Å²) in [5.41, 5.74) is 1.87. The molecule has 0 aliphatic carbocycles. The SMILES string of the molecule is COc1ccc(Br)cc1Cn1cnc2cc(F)c(F)cc21. The second kappa shape index (κ2) is 5.44. The van der Waals surface area contributed by atoms with Crippen LogP contribution in [0.3, 0.4) is 0 Å². The molecule has 0 fully saturated rings. The topological polar surface area (TPSA) is 27.1 Å². The molecule has 3 nitrogen and oxygen atoms in total. The fraction of sp³-hybridized carbons (Fsp3) is 0.133. The number of hydrogen-bond acceptors (Lipinski definition) is 2. The second-order valence-corrected chi connectivity index (χ2v) is 5.50. The Bertz CT molecular complexity index is 817. The van der Waals surface area contributed by atoms with Gasteiger partial charge in [-0.05, 0) is 18.2 Å². The van der Waals surface area contributed by atoms with Crippen LogP contribution in [0.4, 0.5) is 8.78 Å². The Balaban J connectivity index is 2.06. The molecule has 0 N–H and O–H groups in total. The summed E-state index contributed by atoms with van der Waals surface area (Å²) in [4.78, 5) is 4.10. The molecule has 0 spiro atoms. The lowest BCUT2D eigenvalue weighted by molar-refractivity contribution is 0.408. The number of fused-ring (bicyclic) bond motifs is 1. The third-order valence-electron chi connectivity index (χ3n) is 3.25. The molecule has 0 saturated heterocycles. The molecule has 0 saturated carbocycles. The number of benzene rings is 2. The molecule has 0 atom stereocenters. The zero-order valence-corrected chi connectivity index (χ0v) is 12.7. The Kier molecular flexibility index (Phi) is 3.63. The van der Waals surface area contributed by atoms with Gasteiger partial charge in [0.2, 0.25) is 0 Å². The standard InChI is InChI=1S/C15H11BrF2N2O/c1-21-15-3-2-10(16)4-9(15)7-20-8-19-13-5-11(17)12(18)6-14(13)20/h2-6,8H,7H2,1H3. The maximum absolute atomic E-state index is 13.4. The lowest BCUT2D eigenvalue weighted by Gasteiger charge is -2.10. The summed E-state index contributed by atoms with van der Waals surface area (Å²) in [6, 6.07) is 7.90. The number of rotatable bonds is 3. The first-order valence-electron chi connectivity index (χ1n) is 6.21. The molecule has 1 heterocycles. The first kappa shape index (κ1) is 14.0. The van der Waals surface area contributed by atoms with Crippen molar-refractivity contribution in [2.24, 2.45) is 0 Å². The fourth-order valence-electron chi connectivity index (χ4n) is 2.23. The van der Waals surface area contributed by atoms with Gasteiger partial charge in [-0.15, -0.1) is 0 Å². The van der Waals surface area contributed by atoms with E-state index in [0.717, 1.165) is 27.9 Å². The van der Waals surface area contributed by atoms with Crippen molar-refractivity contribution in [2.45, 2.75) is 6.54 Å². The largest absolute Gasteiger partial charge is 0.496 e. The van der Waals surface area contributed by atoms with Crippen molar-refractivity contribution in [2.75, 3.05) is 7.11 Å². The highest BCUT2D eigenvalue weighted by Gasteiger charge is 2.11. The maximum atomic E-state index is 13.4. The summed E-state index contributed by atoms with van der Waals surface area (Å²) < 4.78 is 34.6. The average Bonchev–Trinajstić information content (AvgIpc) is 2.82. The fourth-order valence-corrected chi connectivity index (χ4v) is 2.64. The van der Waals surface area contributed by atoms with E-state index >= 15 is 0 Å². The molecule has 0 bridgehead atoms. The van der Waals surface area contributed by atoms with Crippen molar-refractivity contribution in [3.63, 3.8) is 0 Å². The van der Waals surface area contributed by atoms with Crippen LogP contribution < -0.4 is 4.74 Å². The van der Waals surface area contributed by atoms with Gasteiger partial charge in [0.05, 0.1) is 31.0 Å². The smallest absolute Gasteiger partial charge is 0.161 e. The summed E-state index contributed by atoms with van der Waals surface area (Å²) in [6.45, 7) is 0.449. The van der Waals surface area contributed by atoms with Crippen molar-refractivity contribution in [3.8, 4) is 5.75 Å². The van der Waals surface area contributed by atoms with Crippen LogP contribution in [0.2, 0.25) is 0 Å². The number of aromatic nitrogens is 2. The zero-order valence-electron chi connectivity index (χ0n) is 11.1. The molecule has 0 unspecified atom stereocenters. The Morgan fingerprint density at radius 2 is 1.95 bits per heavy atom. The second-order valence-electron chi connectivity index (χ2n) is 4.58. The van der Waals surface area contributed by atoms with Gasteiger partial charge < -0.3 is 9.30 Å². The molecule has 108 valence electrons. The Labute approximate surface area is 128 Å². The number of ether oxygens (including phenoxy) is 1. The van der Waals surface area contributed by atoms with Crippen molar-refractivity contribution in [3.05, 3.63) is 58.3 Å². The summed E-state index contributed by atoms with van der Waals surface area (Å²) in [5, 5.41) is 0. The highest BCUT2D eigenvalue weighted by atomic mass is 79.9. The molecular formula is C15H11BrF2N2O. The quantitative estimate of drug-likeness (QED) is 0.708. The van der Waals surface area contributed by atoms with Crippen LogP contribution in [0.5, 0.6) is 5.75 Å². The van der Waals surface area contributed by atoms with Gasteiger partial charge in [0, 0.05) is 22.2 Å². The molecule has 3 rings (SSSR count). The van der Waals surface area contributed by atoms with Gasteiger partial charge in [0.1, 0.15) is 5.75 Å². The summed E-state index contributed by atoms with van der Waals surface area (Å²) >= 11 is 3.41. The van der Waals surface area contributed by atoms with Crippen LogP contribution in [-0.2, 0) is 6.54 Å². The third kappa shape index (κ3) is 2.63. The van der Waals surface area contributed by atoms with Gasteiger partial charge in [0.25, 0.3) is 0 Å². The molecule has 3 aromatic rings. The van der Waals surface area contributed by atoms with Gasteiger partial charge in [-0.3, -0.25) is 0 Å². The molecule has 2 aromatic carbocycles. The lowest BCUT2D eigenvalue weighted by Crippen LogP contribution is -2.01. The third-order valence-corrected chi connectivity index (χ3v) is 3.74. The van der Waals surface area contributed by atoms with Crippen molar-refractivity contribution in [1.29, 1.82) is 0 Å². The van der Waals surface area contributed by atoms with Crippen LogP contribution in [0.25, 0.3) is 11.0 Å². The average molecular weight is 353 g/mol.